The number of carbonyl (C=O) groups excluding carboxylic acids is 1. The molecule has 2 atom stereocenters. The second kappa shape index (κ2) is 6.69. The van der Waals surface area contributed by atoms with Crippen LogP contribution in [0.4, 0.5) is 5.69 Å². The standard InChI is InChI=1S/C16H20BrNO3/c1-10(2)11-6-7-15(19)13(8-11)9-12-4-3-5-14(16(12)17)18(20)21/h3-5,10-11,13H,6-9H2,1-2H3. The number of Topliss-reactive ketones (excluding diaryl/α,β-unsaturated/α-hetero) is 1. The Bertz CT molecular complexity index is 556. The van der Waals surface area contributed by atoms with Gasteiger partial charge in [0.1, 0.15) is 5.78 Å². The van der Waals surface area contributed by atoms with Crippen LogP contribution >= 0.6 is 15.9 Å². The molecule has 114 valence electrons. The SMILES string of the molecule is CC(C)C1CCC(=O)C(Cc2cccc([N+](=O)[O-])c2Br)C1. The Hall–Kier alpha value is -1.23. The lowest BCUT2D eigenvalue weighted by atomic mass is 9.73. The van der Waals surface area contributed by atoms with Crippen LogP contribution in [0.25, 0.3) is 0 Å². The molecule has 0 amide bonds. The third-order valence-electron chi connectivity index (χ3n) is 4.47. The number of nitro benzene ring substituents is 1. The van der Waals surface area contributed by atoms with E-state index < -0.39 is 4.92 Å². The fraction of sp³-hybridized carbons (Fsp3) is 0.562. The molecule has 0 saturated heterocycles. The normalized spacial score (nSPS) is 22.6. The highest BCUT2D eigenvalue weighted by atomic mass is 79.9. The molecule has 0 heterocycles. The van der Waals surface area contributed by atoms with Gasteiger partial charge in [0.25, 0.3) is 5.69 Å². The maximum Gasteiger partial charge on any atom is 0.283 e. The smallest absolute Gasteiger partial charge is 0.283 e. The van der Waals surface area contributed by atoms with E-state index in [0.29, 0.717) is 34.9 Å². The van der Waals surface area contributed by atoms with E-state index in [2.05, 4.69) is 29.8 Å². The largest absolute Gasteiger partial charge is 0.299 e. The highest BCUT2D eigenvalue weighted by Crippen LogP contribution is 2.36. The Morgan fingerprint density at radius 3 is 2.76 bits per heavy atom. The number of hydrogen-bond donors (Lipinski definition) is 0. The second-order valence-electron chi connectivity index (χ2n) is 6.15. The van der Waals surface area contributed by atoms with Crippen molar-refractivity contribution in [2.75, 3.05) is 0 Å². The van der Waals surface area contributed by atoms with Crippen molar-refractivity contribution in [3.05, 3.63) is 38.3 Å². The molecule has 1 saturated carbocycles. The van der Waals surface area contributed by atoms with E-state index in [4.69, 9.17) is 0 Å². The van der Waals surface area contributed by atoms with Crippen LogP contribution in [0.2, 0.25) is 0 Å². The molecule has 2 unspecified atom stereocenters. The summed E-state index contributed by atoms with van der Waals surface area (Å²) < 4.78 is 0.509. The third kappa shape index (κ3) is 3.70. The first-order valence-corrected chi connectivity index (χ1v) is 8.14. The first kappa shape index (κ1) is 16.1. The summed E-state index contributed by atoms with van der Waals surface area (Å²) in [5.74, 6) is 1.44. The molecule has 0 aliphatic heterocycles. The summed E-state index contributed by atoms with van der Waals surface area (Å²) in [7, 11) is 0. The molecule has 0 bridgehead atoms. The van der Waals surface area contributed by atoms with Crippen molar-refractivity contribution in [1.82, 2.24) is 0 Å². The van der Waals surface area contributed by atoms with Gasteiger partial charge in [-0.15, -0.1) is 0 Å². The summed E-state index contributed by atoms with van der Waals surface area (Å²) in [4.78, 5) is 22.7. The Morgan fingerprint density at radius 2 is 2.14 bits per heavy atom. The van der Waals surface area contributed by atoms with Gasteiger partial charge in [0.2, 0.25) is 0 Å². The number of nitrogens with zero attached hydrogens (tertiary/aromatic N) is 1. The molecule has 0 radical (unpaired) electrons. The van der Waals surface area contributed by atoms with Crippen molar-refractivity contribution in [2.45, 2.75) is 39.5 Å². The molecule has 21 heavy (non-hydrogen) atoms. The summed E-state index contributed by atoms with van der Waals surface area (Å²) >= 11 is 3.32. The lowest BCUT2D eigenvalue weighted by molar-refractivity contribution is -0.385. The molecule has 1 aliphatic carbocycles. The molecule has 0 N–H and O–H groups in total. The average molecular weight is 354 g/mol. The van der Waals surface area contributed by atoms with E-state index in [1.807, 2.05) is 6.07 Å². The lowest BCUT2D eigenvalue weighted by Gasteiger charge is -2.30. The Morgan fingerprint density at radius 1 is 1.43 bits per heavy atom. The zero-order valence-electron chi connectivity index (χ0n) is 12.3. The molecule has 2 rings (SSSR count). The maximum absolute atomic E-state index is 12.1. The van der Waals surface area contributed by atoms with E-state index >= 15 is 0 Å². The van der Waals surface area contributed by atoms with E-state index in [-0.39, 0.29) is 11.6 Å². The average Bonchev–Trinajstić information content (AvgIpc) is 2.42. The van der Waals surface area contributed by atoms with Gasteiger partial charge < -0.3 is 0 Å². The van der Waals surface area contributed by atoms with Crippen LogP contribution in [-0.4, -0.2) is 10.7 Å². The molecular weight excluding hydrogens is 334 g/mol. The minimum Gasteiger partial charge on any atom is -0.299 e. The molecule has 1 aliphatic rings. The van der Waals surface area contributed by atoms with Crippen LogP contribution in [0, 0.1) is 27.9 Å². The summed E-state index contributed by atoms with van der Waals surface area (Å²) in [6.45, 7) is 4.39. The Balaban J connectivity index is 2.19. The lowest BCUT2D eigenvalue weighted by Crippen LogP contribution is -2.29. The van der Waals surface area contributed by atoms with Crippen molar-refractivity contribution in [3.8, 4) is 0 Å². The van der Waals surface area contributed by atoms with Gasteiger partial charge in [-0.1, -0.05) is 26.0 Å². The second-order valence-corrected chi connectivity index (χ2v) is 6.95. The highest BCUT2D eigenvalue weighted by molar-refractivity contribution is 9.10. The van der Waals surface area contributed by atoms with Crippen molar-refractivity contribution < 1.29 is 9.72 Å². The zero-order chi connectivity index (χ0) is 15.6. The highest BCUT2D eigenvalue weighted by Gasteiger charge is 2.31. The predicted octanol–water partition coefficient (Wildman–Crippen LogP) is 4.54. The molecule has 1 aromatic carbocycles. The first-order chi connectivity index (χ1) is 9.90. The van der Waals surface area contributed by atoms with Crippen molar-refractivity contribution in [1.29, 1.82) is 0 Å². The number of hydrogen-bond acceptors (Lipinski definition) is 3. The Kier molecular flexibility index (Phi) is 5.14. The number of benzene rings is 1. The van der Waals surface area contributed by atoms with E-state index in [0.717, 1.165) is 18.4 Å². The quantitative estimate of drug-likeness (QED) is 0.589. The fourth-order valence-corrected chi connectivity index (χ4v) is 3.65. The van der Waals surface area contributed by atoms with Crippen LogP contribution in [0.1, 0.15) is 38.7 Å². The molecule has 0 aromatic heterocycles. The van der Waals surface area contributed by atoms with Crippen LogP contribution in [0.3, 0.4) is 0 Å². The summed E-state index contributed by atoms with van der Waals surface area (Å²) in [6.07, 6.45) is 3.10. The maximum atomic E-state index is 12.1. The molecular formula is C16H20BrNO3. The predicted molar refractivity (Wildman–Crippen MR) is 85.2 cm³/mol. The fourth-order valence-electron chi connectivity index (χ4n) is 3.08. The molecule has 1 aromatic rings. The van der Waals surface area contributed by atoms with Crippen LogP contribution < -0.4 is 0 Å². The summed E-state index contributed by atoms with van der Waals surface area (Å²) in [6, 6.07) is 5.03. The van der Waals surface area contributed by atoms with Gasteiger partial charge in [-0.2, -0.15) is 0 Å². The Labute approximate surface area is 133 Å². The van der Waals surface area contributed by atoms with Gasteiger partial charge in [-0.3, -0.25) is 14.9 Å². The molecule has 1 fully saturated rings. The van der Waals surface area contributed by atoms with Crippen molar-refractivity contribution in [2.24, 2.45) is 17.8 Å². The number of rotatable bonds is 4. The molecule has 0 spiro atoms. The zero-order valence-corrected chi connectivity index (χ0v) is 13.9. The third-order valence-corrected chi connectivity index (χ3v) is 5.38. The number of nitro groups is 1. The monoisotopic (exact) mass is 353 g/mol. The minimum atomic E-state index is -0.396. The van der Waals surface area contributed by atoms with E-state index in [1.165, 1.54) is 6.07 Å². The minimum absolute atomic E-state index is 0.00976. The van der Waals surface area contributed by atoms with Crippen LogP contribution in [-0.2, 0) is 11.2 Å². The molecule has 5 heteroatoms. The van der Waals surface area contributed by atoms with Gasteiger partial charge in [0, 0.05) is 18.4 Å². The summed E-state index contributed by atoms with van der Waals surface area (Å²) in [5, 5.41) is 11.0. The van der Waals surface area contributed by atoms with Gasteiger partial charge in [0.15, 0.2) is 0 Å². The first-order valence-electron chi connectivity index (χ1n) is 7.34. The van der Waals surface area contributed by atoms with Crippen molar-refractivity contribution in [3.63, 3.8) is 0 Å². The number of ketones is 1. The van der Waals surface area contributed by atoms with Crippen LogP contribution in [0.15, 0.2) is 22.7 Å². The number of halogens is 1. The van der Waals surface area contributed by atoms with Gasteiger partial charge in [-0.05, 0) is 52.6 Å². The van der Waals surface area contributed by atoms with Crippen molar-refractivity contribution >= 4 is 27.4 Å². The van der Waals surface area contributed by atoms with Crippen LogP contribution in [0.5, 0.6) is 0 Å². The van der Waals surface area contributed by atoms with Gasteiger partial charge in [-0.25, -0.2) is 0 Å². The molecule has 4 nitrogen and oxygen atoms in total. The number of carbonyl (C=O) groups is 1. The van der Waals surface area contributed by atoms with E-state index in [9.17, 15) is 14.9 Å². The van der Waals surface area contributed by atoms with Gasteiger partial charge >= 0.3 is 0 Å². The van der Waals surface area contributed by atoms with Gasteiger partial charge in [0.05, 0.1) is 9.40 Å². The van der Waals surface area contributed by atoms with E-state index in [1.54, 1.807) is 6.07 Å². The summed E-state index contributed by atoms with van der Waals surface area (Å²) in [5.41, 5.74) is 0.920. The topological polar surface area (TPSA) is 60.2 Å².